The summed E-state index contributed by atoms with van der Waals surface area (Å²) < 4.78 is 0. The van der Waals surface area contributed by atoms with Crippen LogP contribution < -0.4 is 0 Å². The van der Waals surface area contributed by atoms with Gasteiger partial charge >= 0.3 is 0 Å². The average molecular weight is 278 g/mol. The van der Waals surface area contributed by atoms with E-state index in [2.05, 4.69) is 0 Å². The van der Waals surface area contributed by atoms with Crippen LogP contribution in [0.15, 0.2) is 42.5 Å². The molecule has 18 heavy (non-hydrogen) atoms. The topological polar surface area (TPSA) is 44.0 Å². The lowest BCUT2D eigenvalue weighted by Gasteiger charge is -2.13. The highest BCUT2D eigenvalue weighted by Crippen LogP contribution is 2.30. The van der Waals surface area contributed by atoms with Crippen molar-refractivity contribution in [3.05, 3.63) is 69.2 Å². The van der Waals surface area contributed by atoms with Gasteiger partial charge in [-0.3, -0.25) is 0 Å². The molecule has 0 bridgehead atoms. The molecule has 0 aliphatic heterocycles. The highest BCUT2D eigenvalue weighted by Gasteiger charge is 2.14. The van der Waals surface area contributed by atoms with Gasteiger partial charge in [0.1, 0.15) is 6.10 Å². The van der Waals surface area contributed by atoms with E-state index in [0.29, 0.717) is 26.7 Å². The molecule has 1 unspecified atom stereocenters. The maximum atomic E-state index is 10.3. The lowest BCUT2D eigenvalue weighted by atomic mass is 10.00. The molecule has 0 saturated carbocycles. The van der Waals surface area contributed by atoms with E-state index in [4.69, 9.17) is 28.5 Å². The van der Waals surface area contributed by atoms with Gasteiger partial charge in [0.05, 0.1) is 11.6 Å². The van der Waals surface area contributed by atoms with Gasteiger partial charge in [-0.05, 0) is 35.9 Å². The molecule has 0 saturated heterocycles. The molecule has 0 radical (unpaired) electrons. The Morgan fingerprint density at radius 2 is 1.89 bits per heavy atom. The zero-order chi connectivity index (χ0) is 13.1. The third-order valence-electron chi connectivity index (χ3n) is 2.58. The standard InChI is InChI=1S/C14H9Cl2NO/c15-11-4-5-13(16)12(7-11)14(18)10-3-1-2-9(6-10)8-17/h1-7,14,18H. The second-order valence-electron chi connectivity index (χ2n) is 3.81. The van der Waals surface area contributed by atoms with E-state index < -0.39 is 6.10 Å². The molecule has 0 aromatic heterocycles. The Kier molecular flexibility index (Phi) is 3.88. The van der Waals surface area contributed by atoms with E-state index in [1.165, 1.54) is 0 Å². The number of hydrogen-bond acceptors (Lipinski definition) is 2. The monoisotopic (exact) mass is 277 g/mol. The van der Waals surface area contributed by atoms with Gasteiger partial charge < -0.3 is 5.11 Å². The van der Waals surface area contributed by atoms with Gasteiger partial charge in [-0.2, -0.15) is 5.26 Å². The van der Waals surface area contributed by atoms with Crippen LogP contribution in [-0.4, -0.2) is 5.11 Å². The summed E-state index contributed by atoms with van der Waals surface area (Å²) in [6, 6.07) is 13.7. The molecule has 0 aliphatic carbocycles. The summed E-state index contributed by atoms with van der Waals surface area (Å²) in [6.45, 7) is 0. The maximum absolute atomic E-state index is 10.3. The van der Waals surface area contributed by atoms with Crippen LogP contribution in [0, 0.1) is 11.3 Å². The van der Waals surface area contributed by atoms with Crippen molar-refractivity contribution in [2.24, 2.45) is 0 Å². The van der Waals surface area contributed by atoms with Gasteiger partial charge in [-0.1, -0.05) is 35.3 Å². The molecule has 0 spiro atoms. The van der Waals surface area contributed by atoms with Gasteiger partial charge in [0, 0.05) is 15.6 Å². The van der Waals surface area contributed by atoms with Crippen LogP contribution >= 0.6 is 23.2 Å². The minimum Gasteiger partial charge on any atom is -0.384 e. The largest absolute Gasteiger partial charge is 0.384 e. The molecule has 90 valence electrons. The fourth-order valence-corrected chi connectivity index (χ4v) is 2.08. The normalized spacial score (nSPS) is 11.9. The Hall–Kier alpha value is -1.53. The van der Waals surface area contributed by atoms with Crippen LogP contribution in [0.1, 0.15) is 22.8 Å². The van der Waals surface area contributed by atoms with Crippen molar-refractivity contribution >= 4 is 23.2 Å². The summed E-state index contributed by atoms with van der Waals surface area (Å²) in [5.74, 6) is 0. The van der Waals surface area contributed by atoms with E-state index in [0.717, 1.165) is 0 Å². The van der Waals surface area contributed by atoms with E-state index in [1.807, 2.05) is 6.07 Å². The average Bonchev–Trinajstić information content (AvgIpc) is 2.41. The summed E-state index contributed by atoms with van der Waals surface area (Å²) >= 11 is 11.9. The van der Waals surface area contributed by atoms with E-state index in [9.17, 15) is 5.11 Å². The SMILES string of the molecule is N#Cc1cccc(C(O)c2cc(Cl)ccc2Cl)c1. The molecule has 0 amide bonds. The molecule has 0 aliphatic rings. The van der Waals surface area contributed by atoms with E-state index in [1.54, 1.807) is 42.5 Å². The summed E-state index contributed by atoms with van der Waals surface area (Å²) in [6.07, 6.45) is -0.899. The number of nitrogens with zero attached hydrogens (tertiary/aromatic N) is 1. The van der Waals surface area contributed by atoms with E-state index >= 15 is 0 Å². The van der Waals surface area contributed by atoms with Gasteiger partial charge in [-0.15, -0.1) is 0 Å². The number of hydrogen-bond donors (Lipinski definition) is 1. The van der Waals surface area contributed by atoms with Crippen molar-refractivity contribution in [3.63, 3.8) is 0 Å². The van der Waals surface area contributed by atoms with Crippen LogP contribution in [0.5, 0.6) is 0 Å². The highest BCUT2D eigenvalue weighted by molar-refractivity contribution is 6.33. The molecule has 0 fully saturated rings. The summed E-state index contributed by atoms with van der Waals surface area (Å²) in [4.78, 5) is 0. The molecule has 4 heteroatoms. The minimum atomic E-state index is -0.899. The Morgan fingerprint density at radius 3 is 2.61 bits per heavy atom. The van der Waals surface area contributed by atoms with Crippen LogP contribution in [0.2, 0.25) is 10.0 Å². The van der Waals surface area contributed by atoms with Crippen molar-refractivity contribution in [3.8, 4) is 6.07 Å². The van der Waals surface area contributed by atoms with Gasteiger partial charge in [0.15, 0.2) is 0 Å². The molecular weight excluding hydrogens is 269 g/mol. The van der Waals surface area contributed by atoms with Crippen molar-refractivity contribution in [1.82, 2.24) is 0 Å². The Labute approximate surface area is 115 Å². The van der Waals surface area contributed by atoms with Crippen LogP contribution in [0.4, 0.5) is 0 Å². The van der Waals surface area contributed by atoms with Gasteiger partial charge in [-0.25, -0.2) is 0 Å². The molecule has 2 nitrogen and oxygen atoms in total. The Morgan fingerprint density at radius 1 is 1.11 bits per heavy atom. The van der Waals surface area contributed by atoms with Crippen molar-refractivity contribution in [2.45, 2.75) is 6.10 Å². The first-order valence-electron chi connectivity index (χ1n) is 5.25. The summed E-state index contributed by atoms with van der Waals surface area (Å²) in [5, 5.41) is 20.0. The number of benzene rings is 2. The number of aliphatic hydroxyl groups excluding tert-OH is 1. The second-order valence-corrected chi connectivity index (χ2v) is 4.65. The lowest BCUT2D eigenvalue weighted by Crippen LogP contribution is -2.01. The van der Waals surface area contributed by atoms with Crippen molar-refractivity contribution in [1.29, 1.82) is 5.26 Å². The van der Waals surface area contributed by atoms with Crippen LogP contribution in [-0.2, 0) is 0 Å². The summed E-state index contributed by atoms with van der Waals surface area (Å²) in [5.41, 5.74) is 1.63. The predicted octanol–water partition coefficient (Wildman–Crippen LogP) is 3.95. The molecule has 0 heterocycles. The Bertz CT molecular complexity index is 619. The number of halogens is 2. The van der Waals surface area contributed by atoms with Crippen molar-refractivity contribution in [2.75, 3.05) is 0 Å². The number of nitriles is 1. The van der Waals surface area contributed by atoms with Gasteiger partial charge in [0.2, 0.25) is 0 Å². The first kappa shape index (κ1) is 12.9. The molecule has 1 N–H and O–H groups in total. The predicted molar refractivity (Wildman–Crippen MR) is 71.7 cm³/mol. The number of aliphatic hydroxyl groups is 1. The van der Waals surface area contributed by atoms with Crippen LogP contribution in [0.25, 0.3) is 0 Å². The fourth-order valence-electron chi connectivity index (χ4n) is 1.68. The van der Waals surface area contributed by atoms with E-state index in [-0.39, 0.29) is 0 Å². The quantitative estimate of drug-likeness (QED) is 0.904. The second kappa shape index (κ2) is 5.41. The first-order chi connectivity index (χ1) is 8.61. The molecule has 2 aromatic carbocycles. The minimum absolute atomic E-state index is 0.439. The first-order valence-corrected chi connectivity index (χ1v) is 6.00. The molecule has 2 rings (SSSR count). The van der Waals surface area contributed by atoms with Crippen molar-refractivity contribution < 1.29 is 5.11 Å². The zero-order valence-corrected chi connectivity index (χ0v) is 10.8. The molecule has 2 aromatic rings. The number of rotatable bonds is 2. The third kappa shape index (κ3) is 2.65. The highest BCUT2D eigenvalue weighted by atomic mass is 35.5. The smallest absolute Gasteiger partial charge is 0.106 e. The Balaban J connectivity index is 2.44. The zero-order valence-electron chi connectivity index (χ0n) is 9.27. The van der Waals surface area contributed by atoms with Crippen LogP contribution in [0.3, 0.4) is 0 Å². The van der Waals surface area contributed by atoms with Gasteiger partial charge in [0.25, 0.3) is 0 Å². The third-order valence-corrected chi connectivity index (χ3v) is 3.16. The molecular formula is C14H9Cl2NO. The maximum Gasteiger partial charge on any atom is 0.106 e. The molecule has 1 atom stereocenters. The lowest BCUT2D eigenvalue weighted by molar-refractivity contribution is 0.220. The summed E-state index contributed by atoms with van der Waals surface area (Å²) in [7, 11) is 0. The fraction of sp³-hybridized carbons (Fsp3) is 0.0714.